The van der Waals surface area contributed by atoms with E-state index in [0.717, 1.165) is 9.88 Å². The highest BCUT2D eigenvalue weighted by Crippen LogP contribution is 2.10. The molecule has 6 nitrogen and oxygen atoms in total. The monoisotopic (exact) mass is 237 g/mol. The van der Waals surface area contributed by atoms with Gasteiger partial charge in [-0.15, -0.1) is 16.4 Å². The van der Waals surface area contributed by atoms with Gasteiger partial charge < -0.3 is 5.32 Å². The lowest BCUT2D eigenvalue weighted by Gasteiger charge is -1.97. The Labute approximate surface area is 96.1 Å². The van der Waals surface area contributed by atoms with E-state index >= 15 is 0 Å². The smallest absolute Gasteiger partial charge is 0.291 e. The molecule has 0 spiro atoms. The van der Waals surface area contributed by atoms with Crippen LogP contribution in [-0.4, -0.2) is 26.1 Å². The maximum atomic E-state index is 11.6. The van der Waals surface area contributed by atoms with Crippen molar-refractivity contribution in [3.63, 3.8) is 0 Å². The number of aromatic nitrogens is 4. The molecule has 0 radical (unpaired) electrons. The van der Waals surface area contributed by atoms with Crippen LogP contribution in [0.5, 0.6) is 0 Å². The summed E-state index contributed by atoms with van der Waals surface area (Å²) < 4.78 is 0. The highest BCUT2D eigenvalue weighted by atomic mass is 32.1. The first-order valence-electron chi connectivity index (χ1n) is 4.73. The highest BCUT2D eigenvalue weighted by Gasteiger charge is 2.11. The Balaban J connectivity index is 1.93. The molecule has 0 aliphatic rings. The third kappa shape index (κ3) is 2.43. The number of amides is 1. The van der Waals surface area contributed by atoms with Crippen molar-refractivity contribution >= 4 is 17.2 Å². The Hall–Kier alpha value is -1.76. The van der Waals surface area contributed by atoms with Crippen LogP contribution < -0.4 is 5.32 Å². The van der Waals surface area contributed by atoms with Crippen LogP contribution in [0, 0.1) is 13.8 Å². The standard InChI is InChI=1S/C9H11N5OS/c1-5-3-10-7(16-5)4-11-9(15)8-12-6(2)13-14-8/h3H,4H2,1-2H3,(H,11,15)(H,12,13,14). The molecule has 0 saturated heterocycles. The SMILES string of the molecule is Cc1nc(C(=O)NCc2ncc(C)s2)n[nH]1. The van der Waals surface area contributed by atoms with Crippen LogP contribution in [0.15, 0.2) is 6.20 Å². The summed E-state index contributed by atoms with van der Waals surface area (Å²) in [6.45, 7) is 4.13. The fourth-order valence-corrected chi connectivity index (χ4v) is 1.89. The number of carbonyl (C=O) groups excluding carboxylic acids is 1. The first-order valence-corrected chi connectivity index (χ1v) is 5.55. The Morgan fingerprint density at radius 2 is 2.38 bits per heavy atom. The van der Waals surface area contributed by atoms with E-state index in [1.807, 2.05) is 6.92 Å². The van der Waals surface area contributed by atoms with Crippen molar-refractivity contribution in [2.75, 3.05) is 0 Å². The van der Waals surface area contributed by atoms with Gasteiger partial charge in [-0.3, -0.25) is 9.89 Å². The van der Waals surface area contributed by atoms with Gasteiger partial charge in [0.15, 0.2) is 0 Å². The van der Waals surface area contributed by atoms with Crippen LogP contribution in [0.1, 0.15) is 26.3 Å². The first kappa shape index (κ1) is 10.7. The van der Waals surface area contributed by atoms with Gasteiger partial charge in [0.05, 0.1) is 6.54 Å². The Morgan fingerprint density at radius 3 is 2.94 bits per heavy atom. The molecule has 0 aliphatic carbocycles. The van der Waals surface area contributed by atoms with Crippen molar-refractivity contribution in [1.29, 1.82) is 0 Å². The van der Waals surface area contributed by atoms with Gasteiger partial charge >= 0.3 is 0 Å². The van der Waals surface area contributed by atoms with E-state index in [1.54, 1.807) is 24.5 Å². The summed E-state index contributed by atoms with van der Waals surface area (Å²) in [6, 6.07) is 0. The Kier molecular flexibility index (Phi) is 2.95. The van der Waals surface area contributed by atoms with Gasteiger partial charge in [-0.05, 0) is 13.8 Å². The number of aryl methyl sites for hydroxylation is 2. The number of hydrogen-bond acceptors (Lipinski definition) is 5. The molecule has 0 atom stereocenters. The summed E-state index contributed by atoms with van der Waals surface area (Å²) >= 11 is 1.56. The molecule has 1 amide bonds. The number of thiazole rings is 1. The van der Waals surface area contributed by atoms with Gasteiger partial charge in [0, 0.05) is 11.1 Å². The van der Waals surface area contributed by atoms with Crippen molar-refractivity contribution in [2.24, 2.45) is 0 Å². The molecule has 0 unspecified atom stereocenters. The summed E-state index contributed by atoms with van der Waals surface area (Å²) in [5.74, 6) is 0.484. The number of nitrogens with zero attached hydrogens (tertiary/aromatic N) is 3. The van der Waals surface area contributed by atoms with Gasteiger partial charge in [-0.25, -0.2) is 9.97 Å². The van der Waals surface area contributed by atoms with E-state index in [2.05, 4.69) is 25.5 Å². The predicted molar refractivity (Wildman–Crippen MR) is 59.1 cm³/mol. The van der Waals surface area contributed by atoms with Crippen LogP contribution >= 0.6 is 11.3 Å². The number of hydrogen-bond donors (Lipinski definition) is 2. The summed E-state index contributed by atoms with van der Waals surface area (Å²) in [6.07, 6.45) is 1.78. The fraction of sp³-hybridized carbons (Fsp3) is 0.333. The van der Waals surface area contributed by atoms with Gasteiger partial charge in [0.25, 0.3) is 5.91 Å². The van der Waals surface area contributed by atoms with E-state index in [0.29, 0.717) is 12.4 Å². The molecule has 16 heavy (non-hydrogen) atoms. The fourth-order valence-electron chi connectivity index (χ4n) is 1.16. The van der Waals surface area contributed by atoms with E-state index < -0.39 is 0 Å². The number of nitrogens with one attached hydrogen (secondary N) is 2. The molecular weight excluding hydrogens is 226 g/mol. The Morgan fingerprint density at radius 1 is 1.56 bits per heavy atom. The van der Waals surface area contributed by atoms with Gasteiger partial charge in [0.1, 0.15) is 10.8 Å². The van der Waals surface area contributed by atoms with Crippen molar-refractivity contribution in [1.82, 2.24) is 25.5 Å². The topological polar surface area (TPSA) is 83.6 Å². The maximum Gasteiger partial charge on any atom is 0.291 e. The molecule has 0 aromatic carbocycles. The quantitative estimate of drug-likeness (QED) is 0.827. The number of carbonyl (C=O) groups is 1. The molecule has 2 heterocycles. The highest BCUT2D eigenvalue weighted by molar-refractivity contribution is 7.11. The van der Waals surface area contributed by atoms with Crippen molar-refractivity contribution in [3.8, 4) is 0 Å². The molecule has 0 bridgehead atoms. The van der Waals surface area contributed by atoms with Crippen molar-refractivity contribution in [3.05, 3.63) is 27.7 Å². The minimum absolute atomic E-state index is 0.158. The minimum atomic E-state index is -0.294. The van der Waals surface area contributed by atoms with E-state index in [4.69, 9.17) is 0 Å². The number of H-pyrrole nitrogens is 1. The van der Waals surface area contributed by atoms with Crippen LogP contribution in [0.3, 0.4) is 0 Å². The summed E-state index contributed by atoms with van der Waals surface area (Å²) in [5, 5.41) is 9.96. The lowest BCUT2D eigenvalue weighted by Crippen LogP contribution is -2.23. The molecular formula is C9H11N5OS. The average Bonchev–Trinajstić information content (AvgIpc) is 2.84. The molecule has 7 heteroatoms. The van der Waals surface area contributed by atoms with Crippen LogP contribution in [0.4, 0.5) is 0 Å². The van der Waals surface area contributed by atoms with Crippen LogP contribution in [0.25, 0.3) is 0 Å². The summed E-state index contributed by atoms with van der Waals surface area (Å²) in [5.41, 5.74) is 0. The number of rotatable bonds is 3. The molecule has 84 valence electrons. The number of aromatic amines is 1. The maximum absolute atomic E-state index is 11.6. The third-order valence-corrected chi connectivity index (χ3v) is 2.78. The van der Waals surface area contributed by atoms with Gasteiger partial charge in [-0.1, -0.05) is 0 Å². The zero-order chi connectivity index (χ0) is 11.5. The molecule has 2 aromatic heterocycles. The Bertz CT molecular complexity index is 503. The first-order chi connectivity index (χ1) is 7.65. The van der Waals surface area contributed by atoms with Crippen molar-refractivity contribution in [2.45, 2.75) is 20.4 Å². The predicted octanol–water partition coefficient (Wildman–Crippen LogP) is 0.808. The molecule has 2 aromatic rings. The largest absolute Gasteiger partial charge is 0.343 e. The molecule has 2 N–H and O–H groups in total. The second kappa shape index (κ2) is 4.40. The van der Waals surface area contributed by atoms with Gasteiger partial charge in [0.2, 0.25) is 5.82 Å². The average molecular weight is 237 g/mol. The van der Waals surface area contributed by atoms with Gasteiger partial charge in [-0.2, -0.15) is 0 Å². The van der Waals surface area contributed by atoms with E-state index in [-0.39, 0.29) is 11.7 Å². The van der Waals surface area contributed by atoms with Crippen LogP contribution in [-0.2, 0) is 6.54 Å². The molecule has 0 aliphatic heterocycles. The summed E-state index contributed by atoms with van der Waals surface area (Å²) in [7, 11) is 0. The molecule has 0 saturated carbocycles. The zero-order valence-corrected chi connectivity index (χ0v) is 9.76. The molecule has 0 fully saturated rings. The van der Waals surface area contributed by atoms with E-state index in [1.165, 1.54) is 0 Å². The molecule has 2 rings (SSSR count). The third-order valence-electron chi connectivity index (χ3n) is 1.87. The van der Waals surface area contributed by atoms with Crippen molar-refractivity contribution < 1.29 is 4.79 Å². The van der Waals surface area contributed by atoms with Crippen LogP contribution in [0.2, 0.25) is 0 Å². The van der Waals surface area contributed by atoms with E-state index in [9.17, 15) is 4.79 Å². The minimum Gasteiger partial charge on any atom is -0.343 e. The lowest BCUT2D eigenvalue weighted by atomic mass is 10.5. The normalized spacial score (nSPS) is 10.4. The lowest BCUT2D eigenvalue weighted by molar-refractivity contribution is 0.0941. The summed E-state index contributed by atoms with van der Waals surface area (Å²) in [4.78, 5) is 20.8. The zero-order valence-electron chi connectivity index (χ0n) is 8.94. The second-order valence-electron chi connectivity index (χ2n) is 3.29. The second-order valence-corrected chi connectivity index (χ2v) is 4.61.